The molecule has 0 aliphatic carbocycles. The number of aromatic carboxylic acids is 1. The van der Waals surface area contributed by atoms with Crippen molar-refractivity contribution < 1.29 is 9.90 Å². The summed E-state index contributed by atoms with van der Waals surface area (Å²) in [5.41, 5.74) is 1.08. The molecule has 4 nitrogen and oxygen atoms in total. The molecule has 100 valence electrons. The molecule has 0 spiro atoms. The summed E-state index contributed by atoms with van der Waals surface area (Å²) in [6, 6.07) is 9.48. The first-order valence-electron chi connectivity index (χ1n) is 6.44. The zero-order valence-electron chi connectivity index (χ0n) is 11.4. The third-order valence-electron chi connectivity index (χ3n) is 3.17. The summed E-state index contributed by atoms with van der Waals surface area (Å²) in [5, 5.41) is 10.2. The topological polar surface area (TPSA) is 53.4 Å². The highest BCUT2D eigenvalue weighted by atomic mass is 16.4. The smallest absolute Gasteiger partial charge is 0.339 e. The number of fused-ring (bicyclic) bond motifs is 1. The SMILES string of the molecule is CCN(c1nc2ccccc2cc1C(=O)O)C(C)C. The van der Waals surface area contributed by atoms with Gasteiger partial charge in [-0.25, -0.2) is 9.78 Å². The van der Waals surface area contributed by atoms with Gasteiger partial charge in [0.2, 0.25) is 0 Å². The van der Waals surface area contributed by atoms with E-state index in [1.807, 2.05) is 49.9 Å². The maximum Gasteiger partial charge on any atom is 0.339 e. The van der Waals surface area contributed by atoms with E-state index in [1.54, 1.807) is 6.07 Å². The molecule has 0 fully saturated rings. The Morgan fingerprint density at radius 3 is 2.63 bits per heavy atom. The Morgan fingerprint density at radius 2 is 2.05 bits per heavy atom. The van der Waals surface area contributed by atoms with Crippen molar-refractivity contribution >= 4 is 22.7 Å². The molecular formula is C15H18N2O2. The number of anilines is 1. The Morgan fingerprint density at radius 1 is 1.37 bits per heavy atom. The van der Waals surface area contributed by atoms with Gasteiger partial charge >= 0.3 is 5.97 Å². The van der Waals surface area contributed by atoms with Gasteiger partial charge < -0.3 is 10.0 Å². The van der Waals surface area contributed by atoms with Crippen LogP contribution in [-0.2, 0) is 0 Å². The van der Waals surface area contributed by atoms with Crippen LogP contribution < -0.4 is 4.90 Å². The number of carboxylic acid groups (broad SMARTS) is 1. The lowest BCUT2D eigenvalue weighted by Crippen LogP contribution is -2.32. The molecule has 0 amide bonds. The second kappa shape index (κ2) is 5.26. The number of carboxylic acids is 1. The second-order valence-electron chi connectivity index (χ2n) is 4.74. The Balaban J connectivity index is 2.69. The Hall–Kier alpha value is -2.10. The number of carbonyl (C=O) groups is 1. The molecule has 1 aromatic heterocycles. The highest BCUT2D eigenvalue weighted by Gasteiger charge is 2.19. The first kappa shape index (κ1) is 13.3. The van der Waals surface area contributed by atoms with Crippen LogP contribution in [0.3, 0.4) is 0 Å². The van der Waals surface area contributed by atoms with Crippen LogP contribution >= 0.6 is 0 Å². The predicted molar refractivity (Wildman–Crippen MR) is 76.9 cm³/mol. The highest BCUT2D eigenvalue weighted by molar-refractivity contribution is 5.98. The van der Waals surface area contributed by atoms with Crippen molar-refractivity contribution in [1.82, 2.24) is 4.98 Å². The number of aromatic nitrogens is 1. The molecule has 0 saturated heterocycles. The van der Waals surface area contributed by atoms with Gasteiger partial charge in [0.1, 0.15) is 11.4 Å². The largest absolute Gasteiger partial charge is 0.478 e. The van der Waals surface area contributed by atoms with E-state index < -0.39 is 5.97 Å². The van der Waals surface area contributed by atoms with Gasteiger partial charge in [-0.3, -0.25) is 0 Å². The summed E-state index contributed by atoms with van der Waals surface area (Å²) in [5.74, 6) is -0.393. The zero-order valence-corrected chi connectivity index (χ0v) is 11.4. The lowest BCUT2D eigenvalue weighted by atomic mass is 10.1. The molecule has 0 aliphatic heterocycles. The molecule has 2 rings (SSSR count). The number of para-hydroxylation sites is 1. The van der Waals surface area contributed by atoms with Crippen molar-refractivity contribution in [2.24, 2.45) is 0 Å². The van der Waals surface area contributed by atoms with Gasteiger partial charge in [-0.05, 0) is 32.9 Å². The van der Waals surface area contributed by atoms with Crippen molar-refractivity contribution in [3.05, 3.63) is 35.9 Å². The number of nitrogens with zero attached hydrogens (tertiary/aromatic N) is 2. The summed E-state index contributed by atoms with van der Waals surface area (Å²) in [6.45, 7) is 6.80. The van der Waals surface area contributed by atoms with Gasteiger partial charge in [0.05, 0.1) is 5.52 Å². The van der Waals surface area contributed by atoms with Gasteiger partial charge in [0, 0.05) is 18.0 Å². The van der Waals surface area contributed by atoms with Crippen molar-refractivity contribution in [3.8, 4) is 0 Å². The summed E-state index contributed by atoms with van der Waals surface area (Å²) in [7, 11) is 0. The van der Waals surface area contributed by atoms with Crippen LogP contribution in [0.15, 0.2) is 30.3 Å². The summed E-state index contributed by atoms with van der Waals surface area (Å²) in [6.07, 6.45) is 0. The molecular weight excluding hydrogens is 240 g/mol. The van der Waals surface area contributed by atoms with E-state index in [4.69, 9.17) is 0 Å². The lowest BCUT2D eigenvalue weighted by Gasteiger charge is -2.27. The average molecular weight is 258 g/mol. The number of benzene rings is 1. The van der Waals surface area contributed by atoms with Crippen molar-refractivity contribution in [1.29, 1.82) is 0 Å². The molecule has 19 heavy (non-hydrogen) atoms. The Labute approximate surface area is 112 Å². The van der Waals surface area contributed by atoms with E-state index in [9.17, 15) is 9.90 Å². The minimum Gasteiger partial charge on any atom is -0.478 e. The second-order valence-corrected chi connectivity index (χ2v) is 4.74. The Kier molecular flexibility index (Phi) is 3.69. The standard InChI is InChI=1S/C15H18N2O2/c1-4-17(10(2)3)14-12(15(18)19)9-11-7-5-6-8-13(11)16-14/h5-10H,4H2,1-3H3,(H,18,19). The Bertz CT molecular complexity index is 608. The fourth-order valence-electron chi connectivity index (χ4n) is 2.24. The summed E-state index contributed by atoms with van der Waals surface area (Å²) < 4.78 is 0. The molecule has 0 bridgehead atoms. The fourth-order valence-corrected chi connectivity index (χ4v) is 2.24. The van der Waals surface area contributed by atoms with E-state index in [0.717, 1.165) is 17.4 Å². The van der Waals surface area contributed by atoms with Crippen LogP contribution in [0.5, 0.6) is 0 Å². The molecule has 0 atom stereocenters. The van der Waals surface area contributed by atoms with Gasteiger partial charge in [0.25, 0.3) is 0 Å². The number of rotatable bonds is 4. The van der Waals surface area contributed by atoms with Crippen molar-refractivity contribution in [3.63, 3.8) is 0 Å². The van der Waals surface area contributed by atoms with E-state index in [-0.39, 0.29) is 11.6 Å². The van der Waals surface area contributed by atoms with Gasteiger partial charge in [-0.1, -0.05) is 18.2 Å². The van der Waals surface area contributed by atoms with E-state index in [0.29, 0.717) is 5.82 Å². The van der Waals surface area contributed by atoms with E-state index >= 15 is 0 Å². The first-order valence-corrected chi connectivity index (χ1v) is 6.44. The number of pyridine rings is 1. The monoisotopic (exact) mass is 258 g/mol. The molecule has 1 heterocycles. The first-order chi connectivity index (χ1) is 9.04. The maximum absolute atomic E-state index is 11.4. The van der Waals surface area contributed by atoms with Gasteiger partial charge in [0.15, 0.2) is 0 Å². The number of hydrogen-bond donors (Lipinski definition) is 1. The molecule has 0 aliphatic rings. The minimum absolute atomic E-state index is 0.205. The van der Waals surface area contributed by atoms with Gasteiger partial charge in [-0.15, -0.1) is 0 Å². The van der Waals surface area contributed by atoms with Crippen molar-refractivity contribution in [2.45, 2.75) is 26.8 Å². The summed E-state index contributed by atoms with van der Waals surface area (Å²) >= 11 is 0. The fraction of sp³-hybridized carbons (Fsp3) is 0.333. The third kappa shape index (κ3) is 2.52. The average Bonchev–Trinajstić information content (AvgIpc) is 2.38. The van der Waals surface area contributed by atoms with Crippen molar-refractivity contribution in [2.75, 3.05) is 11.4 Å². The third-order valence-corrected chi connectivity index (χ3v) is 3.17. The lowest BCUT2D eigenvalue weighted by molar-refractivity contribution is 0.0697. The quantitative estimate of drug-likeness (QED) is 0.915. The molecule has 0 radical (unpaired) electrons. The zero-order chi connectivity index (χ0) is 14.0. The molecule has 0 saturated carbocycles. The van der Waals surface area contributed by atoms with Crippen LogP contribution in [0.1, 0.15) is 31.1 Å². The van der Waals surface area contributed by atoms with E-state index in [2.05, 4.69) is 4.98 Å². The van der Waals surface area contributed by atoms with Gasteiger partial charge in [-0.2, -0.15) is 0 Å². The normalized spacial score (nSPS) is 10.9. The summed E-state index contributed by atoms with van der Waals surface area (Å²) in [4.78, 5) is 18.0. The minimum atomic E-state index is -0.938. The van der Waals surface area contributed by atoms with E-state index in [1.165, 1.54) is 0 Å². The predicted octanol–water partition coefficient (Wildman–Crippen LogP) is 3.17. The highest BCUT2D eigenvalue weighted by Crippen LogP contribution is 2.25. The molecule has 0 unspecified atom stereocenters. The molecule has 2 aromatic rings. The maximum atomic E-state index is 11.4. The molecule has 1 N–H and O–H groups in total. The molecule has 4 heteroatoms. The molecule has 1 aromatic carbocycles. The van der Waals surface area contributed by atoms with Crippen LogP contribution in [-0.4, -0.2) is 28.6 Å². The van der Waals surface area contributed by atoms with Crippen LogP contribution in [0.25, 0.3) is 10.9 Å². The van der Waals surface area contributed by atoms with Crippen LogP contribution in [0.2, 0.25) is 0 Å². The van der Waals surface area contributed by atoms with Crippen LogP contribution in [0, 0.1) is 0 Å². The van der Waals surface area contributed by atoms with Crippen LogP contribution in [0.4, 0.5) is 5.82 Å². The number of hydrogen-bond acceptors (Lipinski definition) is 3.